The van der Waals surface area contributed by atoms with E-state index in [1.165, 1.54) is 11.2 Å². The summed E-state index contributed by atoms with van der Waals surface area (Å²) in [5.41, 5.74) is 2.43. The number of nitrogens with zero attached hydrogens (tertiary/aromatic N) is 3. The molecule has 0 bridgehead atoms. The molecule has 1 N–H and O–H groups in total. The lowest BCUT2D eigenvalue weighted by Gasteiger charge is -2.34. The smallest absolute Gasteiger partial charge is 0.289 e. The maximum atomic E-state index is 13.0. The van der Waals surface area contributed by atoms with E-state index in [0.29, 0.717) is 54.6 Å². The van der Waals surface area contributed by atoms with E-state index in [0.717, 1.165) is 5.69 Å². The number of carbonyl (C=O) groups excluding carboxylic acids is 3. The molecule has 5 rings (SSSR count). The Morgan fingerprint density at radius 1 is 0.848 bits per heavy atom. The Morgan fingerprint density at radius 2 is 1.52 bits per heavy atom. The molecule has 166 valence electrons. The van der Waals surface area contributed by atoms with Gasteiger partial charge in [0.15, 0.2) is 5.76 Å². The summed E-state index contributed by atoms with van der Waals surface area (Å²) in [5.74, 6) is 0.300. The fraction of sp³-hybridized carbons (Fsp3) is 0.160. The third kappa shape index (κ3) is 3.76. The van der Waals surface area contributed by atoms with Gasteiger partial charge in [0, 0.05) is 31.7 Å². The third-order valence-electron chi connectivity index (χ3n) is 5.87. The number of piperazine rings is 1. The van der Waals surface area contributed by atoms with E-state index >= 15 is 0 Å². The molecule has 1 saturated heterocycles. The summed E-state index contributed by atoms with van der Waals surface area (Å²) in [7, 11) is 0. The number of anilines is 2. The highest BCUT2D eigenvalue weighted by Gasteiger charge is 2.29. The van der Waals surface area contributed by atoms with Crippen LogP contribution in [0.5, 0.6) is 0 Å². The minimum absolute atomic E-state index is 0.112. The molecule has 3 aromatic rings. The molecular weight excluding hydrogens is 420 g/mol. The molecule has 0 saturated carbocycles. The lowest BCUT2D eigenvalue weighted by Crippen LogP contribution is -2.50. The normalized spacial score (nSPS) is 15.8. The van der Waals surface area contributed by atoms with Crippen LogP contribution in [0, 0.1) is 0 Å². The minimum atomic E-state index is -0.175. The van der Waals surface area contributed by atoms with Crippen molar-refractivity contribution in [1.82, 2.24) is 9.80 Å². The summed E-state index contributed by atoms with van der Waals surface area (Å²) in [6.45, 7) is 5.73. The number of amides is 3. The predicted molar refractivity (Wildman–Crippen MR) is 123 cm³/mol. The van der Waals surface area contributed by atoms with E-state index in [1.807, 2.05) is 18.2 Å². The zero-order chi connectivity index (χ0) is 22.9. The zero-order valence-corrected chi connectivity index (χ0v) is 17.9. The summed E-state index contributed by atoms with van der Waals surface area (Å²) in [6, 6.07) is 17.5. The zero-order valence-electron chi connectivity index (χ0n) is 17.9. The molecule has 8 heteroatoms. The molecule has 0 radical (unpaired) electrons. The maximum absolute atomic E-state index is 13.0. The molecule has 8 nitrogen and oxygen atoms in total. The van der Waals surface area contributed by atoms with Crippen molar-refractivity contribution < 1.29 is 18.8 Å². The molecular formula is C25H22N4O4. The monoisotopic (exact) mass is 442 g/mol. The Hall–Kier alpha value is -4.33. The molecule has 0 aliphatic carbocycles. The number of carbonyl (C=O) groups is 3. The fourth-order valence-electron chi connectivity index (χ4n) is 4.11. The molecule has 33 heavy (non-hydrogen) atoms. The van der Waals surface area contributed by atoms with Crippen LogP contribution in [0.2, 0.25) is 0 Å². The van der Waals surface area contributed by atoms with Crippen molar-refractivity contribution in [3.63, 3.8) is 0 Å². The molecule has 2 aliphatic heterocycles. The van der Waals surface area contributed by atoms with E-state index < -0.39 is 0 Å². The Kier molecular flexibility index (Phi) is 5.18. The van der Waals surface area contributed by atoms with Gasteiger partial charge in [-0.3, -0.25) is 19.3 Å². The first-order valence-electron chi connectivity index (χ1n) is 10.6. The van der Waals surface area contributed by atoms with Crippen LogP contribution in [0.15, 0.2) is 83.7 Å². The number of furan rings is 1. The first-order chi connectivity index (χ1) is 16.0. The van der Waals surface area contributed by atoms with Crippen LogP contribution in [0.25, 0.3) is 0 Å². The van der Waals surface area contributed by atoms with Crippen LogP contribution in [-0.4, -0.2) is 53.7 Å². The standard InChI is InChI=1S/C25H22N4O4/c1-17-26-21-6-3-2-5-20(21)24(31)29(17)19-10-8-18(9-11-19)23(30)27-12-14-28(15-13-27)25(32)22-7-4-16-33-22/h2-11,16,26H,1,12-15H2. The maximum Gasteiger partial charge on any atom is 0.289 e. The van der Waals surface area contributed by atoms with E-state index in [9.17, 15) is 14.4 Å². The average molecular weight is 442 g/mol. The molecule has 2 aromatic carbocycles. The van der Waals surface area contributed by atoms with Gasteiger partial charge in [-0.15, -0.1) is 0 Å². The van der Waals surface area contributed by atoms with Gasteiger partial charge in [0.25, 0.3) is 17.7 Å². The summed E-state index contributed by atoms with van der Waals surface area (Å²) in [6.07, 6.45) is 1.47. The lowest BCUT2D eigenvalue weighted by molar-refractivity contribution is 0.0518. The Labute approximate surface area is 190 Å². The Balaban J connectivity index is 1.26. The van der Waals surface area contributed by atoms with Crippen molar-refractivity contribution in [3.05, 3.63) is 96.2 Å². The topological polar surface area (TPSA) is 86.1 Å². The third-order valence-corrected chi connectivity index (χ3v) is 5.87. The number of fused-ring (bicyclic) bond motifs is 1. The van der Waals surface area contributed by atoms with Crippen LogP contribution in [0.3, 0.4) is 0 Å². The number of benzene rings is 2. The van der Waals surface area contributed by atoms with Gasteiger partial charge in [0.2, 0.25) is 0 Å². The van der Waals surface area contributed by atoms with Gasteiger partial charge < -0.3 is 19.5 Å². The van der Waals surface area contributed by atoms with Gasteiger partial charge in [-0.05, 0) is 48.5 Å². The molecule has 0 atom stereocenters. The Bertz CT molecular complexity index is 1230. The SMILES string of the molecule is C=C1Nc2ccccc2C(=O)N1c1ccc(C(=O)N2CCN(C(=O)c3ccco3)CC2)cc1. The van der Waals surface area contributed by atoms with Crippen LogP contribution in [0.4, 0.5) is 11.4 Å². The van der Waals surface area contributed by atoms with Crippen molar-refractivity contribution in [2.75, 3.05) is 36.4 Å². The highest BCUT2D eigenvalue weighted by Crippen LogP contribution is 2.30. The second kappa shape index (κ2) is 8.31. The first kappa shape index (κ1) is 20.6. The van der Waals surface area contributed by atoms with Gasteiger partial charge >= 0.3 is 0 Å². The highest BCUT2D eigenvalue weighted by atomic mass is 16.3. The summed E-state index contributed by atoms with van der Waals surface area (Å²) < 4.78 is 5.18. The number of para-hydroxylation sites is 1. The van der Waals surface area contributed by atoms with Crippen molar-refractivity contribution in [1.29, 1.82) is 0 Å². The van der Waals surface area contributed by atoms with E-state index in [1.54, 1.807) is 52.3 Å². The van der Waals surface area contributed by atoms with Crippen molar-refractivity contribution in [2.24, 2.45) is 0 Å². The molecule has 0 spiro atoms. The number of nitrogens with one attached hydrogen (secondary N) is 1. The first-order valence-corrected chi connectivity index (χ1v) is 10.6. The molecule has 1 aromatic heterocycles. The fourth-order valence-corrected chi connectivity index (χ4v) is 4.11. The molecule has 2 aliphatic rings. The number of hydrogen-bond acceptors (Lipinski definition) is 5. The van der Waals surface area contributed by atoms with Crippen molar-refractivity contribution in [2.45, 2.75) is 0 Å². The summed E-state index contributed by atoms with van der Waals surface area (Å²) >= 11 is 0. The second-order valence-corrected chi connectivity index (χ2v) is 7.87. The van der Waals surface area contributed by atoms with Gasteiger partial charge in [-0.2, -0.15) is 0 Å². The molecule has 0 unspecified atom stereocenters. The minimum Gasteiger partial charge on any atom is -0.459 e. The quantitative estimate of drug-likeness (QED) is 0.672. The molecule has 3 heterocycles. The van der Waals surface area contributed by atoms with E-state index in [-0.39, 0.29) is 17.7 Å². The number of hydrogen-bond donors (Lipinski definition) is 1. The van der Waals surface area contributed by atoms with Crippen molar-refractivity contribution >= 4 is 29.1 Å². The predicted octanol–water partition coefficient (Wildman–Crippen LogP) is 3.42. The van der Waals surface area contributed by atoms with Crippen LogP contribution in [0.1, 0.15) is 31.3 Å². The second-order valence-electron chi connectivity index (χ2n) is 7.87. The Morgan fingerprint density at radius 3 is 2.18 bits per heavy atom. The van der Waals surface area contributed by atoms with Gasteiger partial charge in [0.05, 0.1) is 23.2 Å². The van der Waals surface area contributed by atoms with Gasteiger partial charge in [-0.25, -0.2) is 0 Å². The van der Waals surface area contributed by atoms with Crippen LogP contribution >= 0.6 is 0 Å². The number of rotatable bonds is 3. The van der Waals surface area contributed by atoms with Gasteiger partial charge in [0.1, 0.15) is 5.82 Å². The molecule has 1 fully saturated rings. The average Bonchev–Trinajstić information content (AvgIpc) is 3.39. The van der Waals surface area contributed by atoms with Gasteiger partial charge in [-0.1, -0.05) is 18.7 Å². The summed E-state index contributed by atoms with van der Waals surface area (Å²) in [5, 5.41) is 3.15. The lowest BCUT2D eigenvalue weighted by atomic mass is 10.1. The highest BCUT2D eigenvalue weighted by molar-refractivity contribution is 6.14. The van der Waals surface area contributed by atoms with E-state index in [4.69, 9.17) is 4.42 Å². The summed E-state index contributed by atoms with van der Waals surface area (Å²) in [4.78, 5) is 43.3. The van der Waals surface area contributed by atoms with Crippen molar-refractivity contribution in [3.8, 4) is 0 Å². The largest absolute Gasteiger partial charge is 0.459 e. The van der Waals surface area contributed by atoms with E-state index in [2.05, 4.69) is 11.9 Å². The molecule has 3 amide bonds. The van der Waals surface area contributed by atoms with Crippen LogP contribution < -0.4 is 10.2 Å². The van der Waals surface area contributed by atoms with Crippen LogP contribution in [-0.2, 0) is 0 Å².